The van der Waals surface area contributed by atoms with Gasteiger partial charge in [0.05, 0.1) is 11.6 Å². The number of nitrogens with one attached hydrogen (secondary N) is 2. The Hall–Kier alpha value is -2.66. The van der Waals surface area contributed by atoms with Gasteiger partial charge in [-0.1, -0.05) is 53.5 Å². The Bertz CT molecular complexity index is 1170. The van der Waals surface area contributed by atoms with Gasteiger partial charge in [-0.3, -0.25) is 0 Å². The van der Waals surface area contributed by atoms with Crippen LogP contribution in [0, 0.1) is 0 Å². The van der Waals surface area contributed by atoms with Crippen molar-refractivity contribution in [2.75, 3.05) is 13.2 Å². The molecule has 1 heterocycles. The highest BCUT2D eigenvalue weighted by Crippen LogP contribution is 2.37. The number of H-pyrrole nitrogens is 1. The molecule has 0 radical (unpaired) electrons. The maximum absolute atomic E-state index is 6.56. The molecule has 4 aromatic rings. The second-order valence-corrected chi connectivity index (χ2v) is 8.38. The number of hydrogen-bond donors (Lipinski definition) is 2. The summed E-state index contributed by atoms with van der Waals surface area (Å²) in [4.78, 5) is 3.33. The van der Waals surface area contributed by atoms with Crippen molar-refractivity contribution in [2.45, 2.75) is 26.5 Å². The molecule has 0 saturated carbocycles. The van der Waals surface area contributed by atoms with Gasteiger partial charge in [-0.15, -0.1) is 0 Å². The molecule has 3 aromatic carbocycles. The Morgan fingerprint density at radius 2 is 1.75 bits per heavy atom. The van der Waals surface area contributed by atoms with E-state index in [9.17, 15) is 0 Å². The number of ether oxygens (including phenoxy) is 2. The van der Waals surface area contributed by atoms with Crippen LogP contribution < -0.4 is 14.8 Å². The molecule has 0 atom stereocenters. The van der Waals surface area contributed by atoms with E-state index in [0.29, 0.717) is 41.3 Å². The number of benzene rings is 3. The SMILES string of the molecule is CCOc1cc(CNCCc2c[nH]c3ccccc23)cc(Cl)c1OCc1ccc(Cl)cc1. The molecule has 0 saturated heterocycles. The van der Waals surface area contributed by atoms with E-state index in [-0.39, 0.29) is 0 Å². The fourth-order valence-corrected chi connectivity index (χ4v) is 4.07. The van der Waals surface area contributed by atoms with Gasteiger partial charge in [-0.25, -0.2) is 0 Å². The molecule has 0 spiro atoms. The zero-order chi connectivity index (χ0) is 22.3. The molecule has 1 aromatic heterocycles. The molecule has 0 aliphatic carbocycles. The van der Waals surface area contributed by atoms with E-state index >= 15 is 0 Å². The number of fused-ring (bicyclic) bond motifs is 1. The highest BCUT2D eigenvalue weighted by atomic mass is 35.5. The molecular weight excluding hydrogens is 443 g/mol. The van der Waals surface area contributed by atoms with Crippen molar-refractivity contribution >= 4 is 34.1 Å². The number of aromatic nitrogens is 1. The number of aromatic amines is 1. The monoisotopic (exact) mass is 468 g/mol. The van der Waals surface area contributed by atoms with Gasteiger partial charge >= 0.3 is 0 Å². The fraction of sp³-hybridized carbons (Fsp3) is 0.231. The summed E-state index contributed by atoms with van der Waals surface area (Å²) in [6.45, 7) is 4.42. The molecule has 166 valence electrons. The molecule has 0 bridgehead atoms. The van der Waals surface area contributed by atoms with E-state index < -0.39 is 0 Å². The average Bonchev–Trinajstić information content (AvgIpc) is 3.21. The van der Waals surface area contributed by atoms with Gasteiger partial charge in [-0.05, 0) is 66.9 Å². The summed E-state index contributed by atoms with van der Waals surface area (Å²) < 4.78 is 11.8. The van der Waals surface area contributed by atoms with Gasteiger partial charge in [-0.2, -0.15) is 0 Å². The molecule has 2 N–H and O–H groups in total. The molecular formula is C26H26Cl2N2O2. The van der Waals surface area contributed by atoms with Crippen LogP contribution in [0.4, 0.5) is 0 Å². The van der Waals surface area contributed by atoms with E-state index in [2.05, 4.69) is 34.7 Å². The standard InChI is InChI=1S/C26H26Cl2N2O2/c1-2-31-25-14-19(13-23(28)26(25)32-17-18-7-9-21(27)10-8-18)15-29-12-11-20-16-30-24-6-4-3-5-22(20)24/h3-10,13-14,16,29-30H,2,11-12,15,17H2,1H3. The first kappa shape index (κ1) is 22.5. The lowest BCUT2D eigenvalue weighted by Gasteiger charge is -2.16. The van der Waals surface area contributed by atoms with Crippen LogP contribution in [0.2, 0.25) is 10.0 Å². The van der Waals surface area contributed by atoms with E-state index in [1.54, 1.807) is 0 Å². The zero-order valence-electron chi connectivity index (χ0n) is 18.0. The summed E-state index contributed by atoms with van der Waals surface area (Å²) in [5.74, 6) is 1.22. The first-order valence-electron chi connectivity index (χ1n) is 10.7. The number of hydrogen-bond acceptors (Lipinski definition) is 3. The molecule has 4 nitrogen and oxygen atoms in total. The minimum atomic E-state index is 0.388. The maximum atomic E-state index is 6.56. The summed E-state index contributed by atoms with van der Waals surface area (Å²) in [5, 5.41) is 6.02. The van der Waals surface area contributed by atoms with Crippen molar-refractivity contribution in [3.05, 3.63) is 93.6 Å². The van der Waals surface area contributed by atoms with Crippen LogP contribution in [-0.2, 0) is 19.6 Å². The Labute approximate surface area is 198 Å². The van der Waals surface area contributed by atoms with Crippen LogP contribution in [0.3, 0.4) is 0 Å². The maximum Gasteiger partial charge on any atom is 0.180 e. The summed E-state index contributed by atoms with van der Waals surface area (Å²) in [7, 11) is 0. The lowest BCUT2D eigenvalue weighted by Crippen LogP contribution is -2.16. The van der Waals surface area contributed by atoms with Gasteiger partial charge in [0.25, 0.3) is 0 Å². The minimum Gasteiger partial charge on any atom is -0.490 e. The number of rotatable bonds is 10. The molecule has 6 heteroatoms. The van der Waals surface area contributed by atoms with Crippen molar-refractivity contribution in [1.29, 1.82) is 0 Å². The second-order valence-electron chi connectivity index (χ2n) is 7.54. The lowest BCUT2D eigenvalue weighted by molar-refractivity contribution is 0.269. The van der Waals surface area contributed by atoms with Crippen molar-refractivity contribution in [2.24, 2.45) is 0 Å². The highest BCUT2D eigenvalue weighted by molar-refractivity contribution is 6.32. The van der Waals surface area contributed by atoms with Crippen molar-refractivity contribution in [1.82, 2.24) is 10.3 Å². The third-order valence-corrected chi connectivity index (χ3v) is 5.77. The van der Waals surface area contributed by atoms with E-state index in [4.69, 9.17) is 32.7 Å². The van der Waals surface area contributed by atoms with Crippen LogP contribution in [0.25, 0.3) is 10.9 Å². The first-order chi connectivity index (χ1) is 15.6. The molecule has 0 aliphatic rings. The van der Waals surface area contributed by atoms with E-state index in [1.165, 1.54) is 16.5 Å². The Kier molecular flexibility index (Phi) is 7.59. The fourth-order valence-electron chi connectivity index (χ4n) is 3.66. The molecule has 0 unspecified atom stereocenters. The quantitative estimate of drug-likeness (QED) is 0.252. The zero-order valence-corrected chi connectivity index (χ0v) is 19.5. The van der Waals surface area contributed by atoms with Gasteiger partial charge in [0.1, 0.15) is 6.61 Å². The third-order valence-electron chi connectivity index (χ3n) is 5.24. The van der Waals surface area contributed by atoms with Gasteiger partial charge in [0.15, 0.2) is 11.5 Å². The first-order valence-corrected chi connectivity index (χ1v) is 11.5. The number of para-hydroxylation sites is 1. The predicted molar refractivity (Wildman–Crippen MR) is 132 cm³/mol. The van der Waals surface area contributed by atoms with Crippen LogP contribution in [0.1, 0.15) is 23.6 Å². The number of halogens is 2. The molecule has 4 rings (SSSR count). The molecule has 32 heavy (non-hydrogen) atoms. The largest absolute Gasteiger partial charge is 0.490 e. The van der Waals surface area contributed by atoms with Crippen molar-refractivity contribution < 1.29 is 9.47 Å². The predicted octanol–water partition coefficient (Wildman–Crippen LogP) is 6.78. The average molecular weight is 469 g/mol. The second kappa shape index (κ2) is 10.8. The Balaban J connectivity index is 1.37. The molecule has 0 aliphatic heterocycles. The van der Waals surface area contributed by atoms with Crippen molar-refractivity contribution in [3.8, 4) is 11.5 Å². The van der Waals surface area contributed by atoms with Gasteiger partial charge in [0.2, 0.25) is 0 Å². The smallest absolute Gasteiger partial charge is 0.180 e. The summed E-state index contributed by atoms with van der Waals surface area (Å²) in [6, 6.07) is 19.8. The normalized spacial score (nSPS) is 11.1. The van der Waals surface area contributed by atoms with Crippen LogP contribution in [-0.4, -0.2) is 18.1 Å². The van der Waals surface area contributed by atoms with Gasteiger partial charge in [0, 0.05) is 28.7 Å². The van der Waals surface area contributed by atoms with Crippen LogP contribution in [0.15, 0.2) is 66.9 Å². The van der Waals surface area contributed by atoms with Crippen LogP contribution >= 0.6 is 23.2 Å². The lowest BCUT2D eigenvalue weighted by atomic mass is 10.1. The highest BCUT2D eigenvalue weighted by Gasteiger charge is 2.13. The Morgan fingerprint density at radius 1 is 0.938 bits per heavy atom. The molecule has 0 amide bonds. The minimum absolute atomic E-state index is 0.388. The summed E-state index contributed by atoms with van der Waals surface area (Å²) >= 11 is 12.5. The van der Waals surface area contributed by atoms with E-state index in [0.717, 1.165) is 24.1 Å². The third kappa shape index (κ3) is 5.57. The summed E-state index contributed by atoms with van der Waals surface area (Å²) in [5.41, 5.74) is 4.55. The van der Waals surface area contributed by atoms with E-state index in [1.807, 2.05) is 49.4 Å². The van der Waals surface area contributed by atoms with Crippen molar-refractivity contribution in [3.63, 3.8) is 0 Å². The van der Waals surface area contributed by atoms with Gasteiger partial charge < -0.3 is 19.8 Å². The Morgan fingerprint density at radius 3 is 2.56 bits per heavy atom. The summed E-state index contributed by atoms with van der Waals surface area (Å²) in [6.07, 6.45) is 3.03. The van der Waals surface area contributed by atoms with Crippen LogP contribution in [0.5, 0.6) is 11.5 Å². The topological polar surface area (TPSA) is 46.3 Å². The molecule has 0 fully saturated rings.